The molecule has 17 heavy (non-hydrogen) atoms. The molecular weight excluding hydrogens is 232 g/mol. The number of rotatable bonds is 4. The van der Waals surface area contributed by atoms with Crippen molar-refractivity contribution in [3.05, 3.63) is 10.5 Å². The summed E-state index contributed by atoms with van der Waals surface area (Å²) in [4.78, 5) is 3.28. The van der Waals surface area contributed by atoms with E-state index in [0.717, 1.165) is 34.5 Å². The highest BCUT2D eigenvalue weighted by Gasteiger charge is 2.17. The molecule has 0 aliphatic carbocycles. The fourth-order valence-corrected chi connectivity index (χ4v) is 2.86. The Kier molecular flexibility index (Phi) is 3.38. The normalized spacial score (nSPS) is 13.4. The molecule has 0 aromatic carbocycles. The Morgan fingerprint density at radius 3 is 2.71 bits per heavy atom. The first-order valence-electron chi connectivity index (χ1n) is 6.23. The third-order valence-corrected chi connectivity index (χ3v) is 3.63. The summed E-state index contributed by atoms with van der Waals surface area (Å²) >= 11 is 5.45. The van der Waals surface area contributed by atoms with Crippen LogP contribution in [0.15, 0.2) is 0 Å². The highest BCUT2D eigenvalue weighted by molar-refractivity contribution is 7.71. The minimum absolute atomic E-state index is 0.469. The molecule has 4 nitrogen and oxygen atoms in total. The van der Waals surface area contributed by atoms with Gasteiger partial charge in [-0.05, 0) is 32.0 Å². The van der Waals surface area contributed by atoms with E-state index in [-0.39, 0.29) is 0 Å². The van der Waals surface area contributed by atoms with Crippen LogP contribution in [-0.4, -0.2) is 19.3 Å². The van der Waals surface area contributed by atoms with Crippen LogP contribution < -0.4 is 0 Å². The lowest BCUT2D eigenvalue weighted by molar-refractivity contribution is 0.446. The van der Waals surface area contributed by atoms with Crippen LogP contribution in [0.1, 0.15) is 44.8 Å². The fourth-order valence-electron chi connectivity index (χ4n) is 2.52. The van der Waals surface area contributed by atoms with Gasteiger partial charge in [-0.25, -0.2) is 0 Å². The Balaban J connectivity index is 2.66. The van der Waals surface area contributed by atoms with Crippen LogP contribution in [0, 0.1) is 11.7 Å². The van der Waals surface area contributed by atoms with Crippen molar-refractivity contribution in [2.75, 3.05) is 0 Å². The first-order chi connectivity index (χ1) is 8.10. The van der Waals surface area contributed by atoms with Gasteiger partial charge in [0.1, 0.15) is 5.52 Å². The van der Waals surface area contributed by atoms with Gasteiger partial charge >= 0.3 is 0 Å². The molecule has 2 rings (SSSR count). The Bertz CT molecular complexity index is 575. The Labute approximate surface area is 107 Å². The molecule has 0 spiro atoms. The molecule has 0 saturated heterocycles. The summed E-state index contributed by atoms with van der Waals surface area (Å²) in [7, 11) is 1.98. The number of aromatic amines is 1. The maximum Gasteiger partial charge on any atom is 0.179 e. The summed E-state index contributed by atoms with van der Waals surface area (Å²) in [6, 6.07) is 0.469. The predicted octanol–water partition coefficient (Wildman–Crippen LogP) is 3.49. The molecule has 5 heteroatoms. The quantitative estimate of drug-likeness (QED) is 0.846. The zero-order valence-corrected chi connectivity index (χ0v) is 11.8. The van der Waals surface area contributed by atoms with E-state index in [2.05, 4.69) is 28.5 Å². The summed E-state index contributed by atoms with van der Waals surface area (Å²) in [5.41, 5.74) is 3.21. The molecule has 94 valence electrons. The number of aryl methyl sites for hydroxylation is 2. The second kappa shape index (κ2) is 4.64. The van der Waals surface area contributed by atoms with E-state index >= 15 is 0 Å². The van der Waals surface area contributed by atoms with Gasteiger partial charge in [0, 0.05) is 13.1 Å². The van der Waals surface area contributed by atoms with E-state index in [9.17, 15) is 0 Å². The summed E-state index contributed by atoms with van der Waals surface area (Å²) in [5.74, 6) is 0. The molecule has 1 unspecified atom stereocenters. The maximum atomic E-state index is 5.45. The van der Waals surface area contributed by atoms with Crippen molar-refractivity contribution in [2.45, 2.75) is 46.1 Å². The molecular formula is C12H20N4S. The lowest BCUT2D eigenvalue weighted by Gasteiger charge is -2.16. The van der Waals surface area contributed by atoms with Crippen LogP contribution in [0.5, 0.6) is 0 Å². The summed E-state index contributed by atoms with van der Waals surface area (Å²) in [6.07, 6.45) is 3.42. The molecule has 0 bridgehead atoms. The van der Waals surface area contributed by atoms with Gasteiger partial charge in [-0.1, -0.05) is 20.3 Å². The van der Waals surface area contributed by atoms with Crippen LogP contribution in [-0.2, 0) is 7.05 Å². The van der Waals surface area contributed by atoms with E-state index in [4.69, 9.17) is 12.2 Å². The van der Waals surface area contributed by atoms with E-state index in [1.807, 2.05) is 18.7 Å². The lowest BCUT2D eigenvalue weighted by Crippen LogP contribution is -2.10. The molecule has 0 aliphatic rings. The topological polar surface area (TPSA) is 38.5 Å². The van der Waals surface area contributed by atoms with E-state index in [1.54, 1.807) is 0 Å². The number of nitrogens with one attached hydrogen (secondary N) is 1. The molecule has 0 saturated carbocycles. The van der Waals surface area contributed by atoms with E-state index in [0.29, 0.717) is 6.04 Å². The number of imidazole rings is 1. The zero-order chi connectivity index (χ0) is 12.6. The van der Waals surface area contributed by atoms with Gasteiger partial charge in [0.05, 0.1) is 5.69 Å². The summed E-state index contributed by atoms with van der Waals surface area (Å²) < 4.78 is 4.97. The molecule has 2 aromatic rings. The highest BCUT2D eigenvalue weighted by atomic mass is 32.1. The predicted molar refractivity (Wildman–Crippen MR) is 72.9 cm³/mol. The van der Waals surface area contributed by atoms with Gasteiger partial charge in [-0.3, -0.25) is 9.25 Å². The number of H-pyrrole nitrogens is 1. The lowest BCUT2D eigenvalue weighted by atomic mass is 10.1. The van der Waals surface area contributed by atoms with Crippen LogP contribution in [0.2, 0.25) is 0 Å². The largest absolute Gasteiger partial charge is 0.328 e. The Hall–Kier alpha value is -1.10. The average Bonchev–Trinajstić information content (AvgIpc) is 2.75. The van der Waals surface area contributed by atoms with Crippen molar-refractivity contribution in [2.24, 2.45) is 7.05 Å². The molecule has 0 fully saturated rings. The van der Waals surface area contributed by atoms with E-state index in [1.165, 1.54) is 6.42 Å². The SMILES string of the molecule is CCCC(CC)n1c(=S)[nH]c2c(C)nn(C)c21. The van der Waals surface area contributed by atoms with Crippen molar-refractivity contribution in [1.82, 2.24) is 19.3 Å². The molecule has 0 amide bonds. The fraction of sp³-hybridized carbons (Fsp3) is 0.667. The van der Waals surface area contributed by atoms with Crippen molar-refractivity contribution >= 4 is 23.4 Å². The van der Waals surface area contributed by atoms with Crippen LogP contribution >= 0.6 is 12.2 Å². The monoisotopic (exact) mass is 252 g/mol. The first-order valence-corrected chi connectivity index (χ1v) is 6.64. The third kappa shape index (κ3) is 1.92. The zero-order valence-electron chi connectivity index (χ0n) is 10.9. The Morgan fingerprint density at radius 2 is 2.12 bits per heavy atom. The Morgan fingerprint density at radius 1 is 1.41 bits per heavy atom. The van der Waals surface area contributed by atoms with Gasteiger partial charge in [0.15, 0.2) is 10.4 Å². The minimum atomic E-state index is 0.469. The molecule has 1 N–H and O–H groups in total. The summed E-state index contributed by atoms with van der Waals surface area (Å²) in [5, 5.41) is 4.45. The molecule has 2 aromatic heterocycles. The average molecular weight is 252 g/mol. The number of fused-ring (bicyclic) bond motifs is 1. The number of aromatic nitrogens is 4. The smallest absolute Gasteiger partial charge is 0.179 e. The van der Waals surface area contributed by atoms with Crippen LogP contribution in [0.3, 0.4) is 0 Å². The molecule has 0 radical (unpaired) electrons. The molecule has 2 heterocycles. The number of hydrogen-bond acceptors (Lipinski definition) is 2. The molecule has 1 atom stereocenters. The van der Waals surface area contributed by atoms with Crippen molar-refractivity contribution in [3.63, 3.8) is 0 Å². The maximum absolute atomic E-state index is 5.45. The van der Waals surface area contributed by atoms with Crippen LogP contribution in [0.4, 0.5) is 0 Å². The van der Waals surface area contributed by atoms with Gasteiger partial charge in [-0.2, -0.15) is 5.10 Å². The van der Waals surface area contributed by atoms with Crippen molar-refractivity contribution < 1.29 is 0 Å². The number of nitrogens with zero attached hydrogens (tertiary/aromatic N) is 3. The number of hydrogen-bond donors (Lipinski definition) is 1. The van der Waals surface area contributed by atoms with Gasteiger partial charge in [0.25, 0.3) is 0 Å². The van der Waals surface area contributed by atoms with Crippen LogP contribution in [0.25, 0.3) is 11.2 Å². The van der Waals surface area contributed by atoms with Gasteiger partial charge < -0.3 is 4.98 Å². The summed E-state index contributed by atoms with van der Waals surface area (Å²) in [6.45, 7) is 6.44. The molecule has 0 aliphatic heterocycles. The second-order valence-corrected chi connectivity index (χ2v) is 4.95. The second-order valence-electron chi connectivity index (χ2n) is 4.56. The third-order valence-electron chi connectivity index (χ3n) is 3.33. The van der Waals surface area contributed by atoms with Crippen molar-refractivity contribution in [3.8, 4) is 0 Å². The first kappa shape index (κ1) is 12.4. The van der Waals surface area contributed by atoms with Gasteiger partial charge in [-0.15, -0.1) is 0 Å². The van der Waals surface area contributed by atoms with Gasteiger partial charge in [0.2, 0.25) is 0 Å². The van der Waals surface area contributed by atoms with Crippen molar-refractivity contribution in [1.29, 1.82) is 0 Å². The van der Waals surface area contributed by atoms with E-state index < -0.39 is 0 Å². The highest BCUT2D eigenvalue weighted by Crippen LogP contribution is 2.25. The minimum Gasteiger partial charge on any atom is -0.328 e. The standard InChI is InChI=1S/C12H20N4S/c1-5-7-9(6-2)16-11-10(13-12(16)17)8(3)14-15(11)4/h9H,5-7H2,1-4H3,(H,13,17).